The Kier molecular flexibility index (Phi) is 3.49. The van der Waals surface area contributed by atoms with E-state index in [2.05, 4.69) is 73.3 Å². The van der Waals surface area contributed by atoms with Gasteiger partial charge < -0.3 is 9.64 Å². The molecule has 1 fully saturated rings. The number of benzene rings is 2. The minimum absolute atomic E-state index is 0.165. The Hall–Kier alpha value is -1.80. The molecule has 1 unspecified atom stereocenters. The van der Waals surface area contributed by atoms with E-state index in [1.165, 1.54) is 16.8 Å². The van der Waals surface area contributed by atoms with Gasteiger partial charge in [0, 0.05) is 12.2 Å². The van der Waals surface area contributed by atoms with E-state index in [9.17, 15) is 0 Å². The summed E-state index contributed by atoms with van der Waals surface area (Å²) in [5.41, 5.74) is 3.64. The lowest BCUT2D eigenvalue weighted by molar-refractivity contribution is -0.0620. The Bertz CT molecular complexity index is 571. The van der Waals surface area contributed by atoms with Crippen LogP contribution in [0.5, 0.6) is 0 Å². The van der Waals surface area contributed by atoms with Crippen LogP contribution in [0, 0.1) is 6.92 Å². The Labute approximate surface area is 121 Å². The van der Waals surface area contributed by atoms with Gasteiger partial charge >= 0.3 is 0 Å². The average Bonchev–Trinajstić information content (AvgIpc) is 2.49. The summed E-state index contributed by atoms with van der Waals surface area (Å²) in [7, 11) is 0. The first-order valence-electron chi connectivity index (χ1n) is 7.18. The Balaban J connectivity index is 1.74. The van der Waals surface area contributed by atoms with Crippen LogP contribution in [-0.4, -0.2) is 13.3 Å². The SMILES string of the molecule is Cc1cccc(N2CCC(C)(c3ccccc3)OC2)c1. The van der Waals surface area contributed by atoms with Gasteiger partial charge in [-0.2, -0.15) is 0 Å². The smallest absolute Gasteiger partial charge is 0.120 e. The van der Waals surface area contributed by atoms with Gasteiger partial charge in [-0.3, -0.25) is 0 Å². The van der Waals surface area contributed by atoms with Crippen LogP contribution in [0.25, 0.3) is 0 Å². The van der Waals surface area contributed by atoms with Crippen LogP contribution < -0.4 is 4.90 Å². The third-order valence-electron chi connectivity index (χ3n) is 4.15. The van der Waals surface area contributed by atoms with Crippen LogP contribution in [-0.2, 0) is 10.3 Å². The van der Waals surface area contributed by atoms with Gasteiger partial charge in [0.05, 0.1) is 5.60 Å². The van der Waals surface area contributed by atoms with Crippen molar-refractivity contribution in [2.24, 2.45) is 0 Å². The van der Waals surface area contributed by atoms with Crippen molar-refractivity contribution in [2.45, 2.75) is 25.9 Å². The highest BCUT2D eigenvalue weighted by atomic mass is 16.5. The molecule has 0 N–H and O–H groups in total. The van der Waals surface area contributed by atoms with E-state index in [-0.39, 0.29) is 5.60 Å². The lowest BCUT2D eigenvalue weighted by Crippen LogP contribution is -2.43. The van der Waals surface area contributed by atoms with E-state index in [0.717, 1.165) is 13.0 Å². The van der Waals surface area contributed by atoms with Crippen LogP contribution in [0.3, 0.4) is 0 Å². The second kappa shape index (κ2) is 5.29. The van der Waals surface area contributed by atoms with Crippen molar-refractivity contribution in [1.29, 1.82) is 0 Å². The zero-order valence-electron chi connectivity index (χ0n) is 12.2. The molecule has 1 aliphatic rings. The maximum atomic E-state index is 6.18. The quantitative estimate of drug-likeness (QED) is 0.812. The lowest BCUT2D eigenvalue weighted by Gasteiger charge is -2.41. The maximum Gasteiger partial charge on any atom is 0.120 e. The summed E-state index contributed by atoms with van der Waals surface area (Å²) in [5, 5.41) is 0. The molecular formula is C18H21NO. The van der Waals surface area contributed by atoms with Crippen LogP contribution in [0.2, 0.25) is 0 Å². The van der Waals surface area contributed by atoms with Crippen molar-refractivity contribution in [3.05, 3.63) is 65.7 Å². The molecular weight excluding hydrogens is 246 g/mol. The van der Waals surface area contributed by atoms with E-state index in [4.69, 9.17) is 4.74 Å². The second-order valence-corrected chi connectivity index (χ2v) is 5.72. The van der Waals surface area contributed by atoms with Crippen molar-refractivity contribution in [3.63, 3.8) is 0 Å². The standard InChI is InChI=1S/C18H21NO/c1-15-7-6-10-17(13-15)19-12-11-18(2,20-14-19)16-8-4-3-5-9-16/h3-10,13H,11-12,14H2,1-2H3. The van der Waals surface area contributed by atoms with Crippen molar-refractivity contribution in [1.82, 2.24) is 0 Å². The van der Waals surface area contributed by atoms with Crippen molar-refractivity contribution >= 4 is 5.69 Å². The predicted molar refractivity (Wildman–Crippen MR) is 82.9 cm³/mol. The van der Waals surface area contributed by atoms with Gasteiger partial charge in [-0.15, -0.1) is 0 Å². The highest BCUT2D eigenvalue weighted by Gasteiger charge is 2.32. The molecule has 1 aliphatic heterocycles. The average molecular weight is 267 g/mol. The first-order chi connectivity index (χ1) is 9.67. The van der Waals surface area contributed by atoms with Crippen molar-refractivity contribution in [2.75, 3.05) is 18.2 Å². The summed E-state index contributed by atoms with van der Waals surface area (Å²) in [6, 6.07) is 19.1. The summed E-state index contributed by atoms with van der Waals surface area (Å²) in [4.78, 5) is 2.30. The van der Waals surface area contributed by atoms with Gasteiger partial charge in [0.1, 0.15) is 6.73 Å². The van der Waals surface area contributed by atoms with Crippen molar-refractivity contribution < 1.29 is 4.74 Å². The second-order valence-electron chi connectivity index (χ2n) is 5.72. The van der Waals surface area contributed by atoms with Gasteiger partial charge in [0.25, 0.3) is 0 Å². The van der Waals surface area contributed by atoms with Gasteiger partial charge in [0.2, 0.25) is 0 Å². The molecule has 3 rings (SSSR count). The summed E-state index contributed by atoms with van der Waals surface area (Å²) in [6.07, 6.45) is 1.00. The maximum absolute atomic E-state index is 6.18. The molecule has 1 atom stereocenters. The molecule has 104 valence electrons. The van der Waals surface area contributed by atoms with E-state index in [1.807, 2.05) is 0 Å². The summed E-state index contributed by atoms with van der Waals surface area (Å²) in [6.45, 7) is 5.99. The fourth-order valence-corrected chi connectivity index (χ4v) is 2.75. The summed E-state index contributed by atoms with van der Waals surface area (Å²) >= 11 is 0. The molecule has 2 nitrogen and oxygen atoms in total. The third-order valence-corrected chi connectivity index (χ3v) is 4.15. The Morgan fingerprint density at radius 2 is 1.85 bits per heavy atom. The van der Waals surface area contributed by atoms with Crippen molar-refractivity contribution in [3.8, 4) is 0 Å². The van der Waals surface area contributed by atoms with Crippen LogP contribution in [0.1, 0.15) is 24.5 Å². The lowest BCUT2D eigenvalue weighted by atomic mass is 9.91. The summed E-state index contributed by atoms with van der Waals surface area (Å²) in [5.74, 6) is 0. The number of aryl methyl sites for hydroxylation is 1. The molecule has 0 amide bonds. The Morgan fingerprint density at radius 3 is 2.50 bits per heavy atom. The molecule has 0 aromatic heterocycles. The normalized spacial score (nSPS) is 22.8. The van der Waals surface area contributed by atoms with Crippen LogP contribution in [0.15, 0.2) is 54.6 Å². The number of rotatable bonds is 2. The molecule has 0 aliphatic carbocycles. The van der Waals surface area contributed by atoms with Crippen LogP contribution in [0.4, 0.5) is 5.69 Å². The minimum atomic E-state index is -0.165. The molecule has 20 heavy (non-hydrogen) atoms. The highest BCUT2D eigenvalue weighted by molar-refractivity contribution is 5.48. The van der Waals surface area contributed by atoms with E-state index in [0.29, 0.717) is 6.73 Å². The molecule has 2 aromatic rings. The van der Waals surface area contributed by atoms with Gasteiger partial charge in [0.15, 0.2) is 0 Å². The monoisotopic (exact) mass is 267 g/mol. The van der Waals surface area contributed by atoms with Gasteiger partial charge in [-0.25, -0.2) is 0 Å². The third kappa shape index (κ3) is 2.56. The highest BCUT2D eigenvalue weighted by Crippen LogP contribution is 2.34. The first kappa shape index (κ1) is 13.2. The fraction of sp³-hybridized carbons (Fsp3) is 0.333. The molecule has 0 bridgehead atoms. The summed E-state index contributed by atoms with van der Waals surface area (Å²) < 4.78 is 6.18. The number of anilines is 1. The molecule has 0 saturated carbocycles. The fourth-order valence-electron chi connectivity index (χ4n) is 2.75. The predicted octanol–water partition coefficient (Wildman–Crippen LogP) is 4.09. The molecule has 1 heterocycles. The molecule has 2 aromatic carbocycles. The zero-order chi connectivity index (χ0) is 14.0. The molecule has 0 radical (unpaired) electrons. The number of hydrogen-bond acceptors (Lipinski definition) is 2. The zero-order valence-corrected chi connectivity index (χ0v) is 12.2. The minimum Gasteiger partial charge on any atom is -0.350 e. The number of ether oxygens (including phenoxy) is 1. The van der Waals surface area contributed by atoms with Crippen LogP contribution >= 0.6 is 0 Å². The van der Waals surface area contributed by atoms with Gasteiger partial charge in [-0.05, 0) is 43.5 Å². The first-order valence-corrected chi connectivity index (χ1v) is 7.18. The molecule has 2 heteroatoms. The van der Waals surface area contributed by atoms with E-state index in [1.54, 1.807) is 0 Å². The topological polar surface area (TPSA) is 12.5 Å². The number of nitrogens with zero attached hydrogens (tertiary/aromatic N) is 1. The Morgan fingerprint density at radius 1 is 1.05 bits per heavy atom. The molecule has 0 spiro atoms. The van der Waals surface area contributed by atoms with E-state index >= 15 is 0 Å². The largest absolute Gasteiger partial charge is 0.350 e. The van der Waals surface area contributed by atoms with E-state index < -0.39 is 0 Å². The van der Waals surface area contributed by atoms with Gasteiger partial charge in [-0.1, -0.05) is 42.5 Å². The molecule has 1 saturated heterocycles. The number of hydrogen-bond donors (Lipinski definition) is 0.